The number of hydrogen-bond donors (Lipinski definition) is 0. The van der Waals surface area contributed by atoms with Gasteiger partial charge in [0.1, 0.15) is 6.54 Å². The summed E-state index contributed by atoms with van der Waals surface area (Å²) in [5, 5.41) is 2.87. The average Bonchev–Trinajstić information content (AvgIpc) is 2.78. The molecule has 31 heavy (non-hydrogen) atoms. The summed E-state index contributed by atoms with van der Waals surface area (Å²) in [6.45, 7) is 12.3. The number of rotatable bonds is 17. The second-order valence-electron chi connectivity index (χ2n) is 9.49. The molecule has 0 aliphatic carbocycles. The molecule has 0 fully saturated rings. The van der Waals surface area contributed by atoms with Gasteiger partial charge in [-0.05, 0) is 49.3 Å². The standard InChI is InChI=1S/C29H48N.ClH/c1-4-7-10-15-23-30(24-16-11-8-5-2,25-17-12-9-6-3)26-28-21-18-20-27-19-13-14-22-29(27)28;/h13-14,18-22H,4-12,15-17,23-26H2,1-3H3;1H/q+1;/p-1. The SMILES string of the molecule is CCCCCC[N+](CCCCCC)(CCCCCC)Cc1cccc2ccccc12.[Cl-]. The Morgan fingerprint density at radius 1 is 0.548 bits per heavy atom. The maximum atomic E-state index is 2.40. The smallest absolute Gasteiger partial charge is 0.105 e. The van der Waals surface area contributed by atoms with Crippen molar-refractivity contribution in [3.63, 3.8) is 0 Å². The average molecular weight is 446 g/mol. The highest BCUT2D eigenvalue weighted by atomic mass is 35.5. The molecule has 0 spiro atoms. The largest absolute Gasteiger partial charge is 1.00 e. The number of unbranched alkanes of at least 4 members (excludes halogenated alkanes) is 9. The predicted octanol–water partition coefficient (Wildman–Crippen LogP) is 5.90. The number of quaternary nitrogens is 1. The predicted molar refractivity (Wildman–Crippen MR) is 135 cm³/mol. The highest BCUT2D eigenvalue weighted by Gasteiger charge is 2.27. The number of halogens is 1. The van der Waals surface area contributed by atoms with Crippen LogP contribution in [0.25, 0.3) is 10.8 Å². The lowest BCUT2D eigenvalue weighted by Crippen LogP contribution is -3.00. The minimum Gasteiger partial charge on any atom is -1.00 e. The van der Waals surface area contributed by atoms with Crippen LogP contribution in [0.5, 0.6) is 0 Å². The molecule has 2 aromatic carbocycles. The normalized spacial score (nSPS) is 11.6. The zero-order chi connectivity index (χ0) is 21.5. The van der Waals surface area contributed by atoms with Gasteiger partial charge in [0.05, 0.1) is 19.6 Å². The Labute approximate surface area is 199 Å². The Morgan fingerprint density at radius 2 is 1.03 bits per heavy atom. The van der Waals surface area contributed by atoms with Crippen LogP contribution in [0.4, 0.5) is 0 Å². The van der Waals surface area contributed by atoms with Crippen molar-refractivity contribution >= 4 is 10.8 Å². The zero-order valence-electron chi connectivity index (χ0n) is 20.7. The lowest BCUT2D eigenvalue weighted by Gasteiger charge is -2.40. The molecule has 0 N–H and O–H groups in total. The summed E-state index contributed by atoms with van der Waals surface area (Å²) in [6, 6.07) is 16.0. The van der Waals surface area contributed by atoms with Crippen LogP contribution >= 0.6 is 0 Å². The number of fused-ring (bicyclic) bond motifs is 1. The second kappa shape index (κ2) is 16.6. The summed E-state index contributed by atoms with van der Waals surface area (Å²) in [7, 11) is 0. The second-order valence-corrected chi connectivity index (χ2v) is 9.49. The Balaban J connectivity index is 0.00000480. The van der Waals surface area contributed by atoms with Crippen LogP contribution in [-0.2, 0) is 6.54 Å². The van der Waals surface area contributed by atoms with Crippen molar-refractivity contribution in [2.75, 3.05) is 19.6 Å². The van der Waals surface area contributed by atoms with Gasteiger partial charge in [-0.15, -0.1) is 0 Å². The maximum Gasteiger partial charge on any atom is 0.105 e. The number of hydrogen-bond acceptors (Lipinski definition) is 0. The van der Waals surface area contributed by atoms with Gasteiger partial charge in [-0.1, -0.05) is 102 Å². The monoisotopic (exact) mass is 445 g/mol. The van der Waals surface area contributed by atoms with Gasteiger partial charge in [-0.25, -0.2) is 0 Å². The third-order valence-corrected chi connectivity index (χ3v) is 6.84. The van der Waals surface area contributed by atoms with E-state index in [0.717, 1.165) is 0 Å². The van der Waals surface area contributed by atoms with Gasteiger partial charge in [0.2, 0.25) is 0 Å². The van der Waals surface area contributed by atoms with Crippen molar-refractivity contribution in [2.45, 2.75) is 104 Å². The molecule has 0 saturated carbocycles. The van der Waals surface area contributed by atoms with Gasteiger partial charge in [0, 0.05) is 5.56 Å². The first-order valence-corrected chi connectivity index (χ1v) is 13.1. The molecule has 1 nitrogen and oxygen atoms in total. The summed E-state index contributed by atoms with van der Waals surface area (Å²) in [4.78, 5) is 0. The zero-order valence-corrected chi connectivity index (χ0v) is 21.4. The molecule has 0 atom stereocenters. The Hall–Kier alpha value is -1.05. The molecule has 176 valence electrons. The quantitative estimate of drug-likeness (QED) is 0.210. The van der Waals surface area contributed by atoms with Crippen LogP contribution in [0.3, 0.4) is 0 Å². The van der Waals surface area contributed by atoms with E-state index in [4.69, 9.17) is 0 Å². The molecule has 2 aromatic rings. The summed E-state index contributed by atoms with van der Waals surface area (Å²) in [6.07, 6.45) is 16.5. The van der Waals surface area contributed by atoms with Crippen LogP contribution in [0.1, 0.15) is 103 Å². The third-order valence-electron chi connectivity index (χ3n) is 6.84. The van der Waals surface area contributed by atoms with E-state index in [1.54, 1.807) is 5.56 Å². The molecular formula is C29H48ClN. The molecule has 0 bridgehead atoms. The molecule has 0 unspecified atom stereocenters. The summed E-state index contributed by atoms with van der Waals surface area (Å²) in [5.74, 6) is 0. The topological polar surface area (TPSA) is 0 Å². The van der Waals surface area contributed by atoms with Gasteiger partial charge in [0.25, 0.3) is 0 Å². The molecule has 0 saturated heterocycles. The van der Waals surface area contributed by atoms with E-state index in [9.17, 15) is 0 Å². The molecule has 2 heteroatoms. The number of benzene rings is 2. The molecule has 0 amide bonds. The molecule has 2 rings (SSSR count). The first-order valence-electron chi connectivity index (χ1n) is 13.1. The van der Waals surface area contributed by atoms with Crippen molar-refractivity contribution in [3.8, 4) is 0 Å². The summed E-state index contributed by atoms with van der Waals surface area (Å²) in [5.41, 5.74) is 1.56. The van der Waals surface area contributed by atoms with Gasteiger partial charge >= 0.3 is 0 Å². The Bertz CT molecular complexity index is 659. The maximum absolute atomic E-state index is 2.40. The minimum atomic E-state index is 0. The first kappa shape index (κ1) is 28.0. The van der Waals surface area contributed by atoms with Gasteiger partial charge in [0.15, 0.2) is 0 Å². The lowest BCUT2D eigenvalue weighted by molar-refractivity contribution is -0.941. The van der Waals surface area contributed by atoms with Crippen molar-refractivity contribution in [2.24, 2.45) is 0 Å². The van der Waals surface area contributed by atoms with Crippen molar-refractivity contribution in [3.05, 3.63) is 48.0 Å². The fourth-order valence-electron chi connectivity index (χ4n) is 4.99. The molecule has 0 aromatic heterocycles. The van der Waals surface area contributed by atoms with E-state index in [-0.39, 0.29) is 12.4 Å². The summed E-state index contributed by atoms with van der Waals surface area (Å²) >= 11 is 0. The van der Waals surface area contributed by atoms with E-state index < -0.39 is 0 Å². The molecule has 0 aliphatic rings. The van der Waals surface area contributed by atoms with Gasteiger partial charge < -0.3 is 16.9 Å². The van der Waals surface area contributed by atoms with Crippen LogP contribution in [0.2, 0.25) is 0 Å². The molecule has 0 heterocycles. The fourth-order valence-corrected chi connectivity index (χ4v) is 4.99. The minimum absolute atomic E-state index is 0. The Morgan fingerprint density at radius 3 is 1.55 bits per heavy atom. The van der Waals surface area contributed by atoms with E-state index in [0.29, 0.717) is 0 Å². The highest BCUT2D eigenvalue weighted by molar-refractivity contribution is 5.85. The molecule has 0 aliphatic heterocycles. The van der Waals surface area contributed by atoms with Crippen LogP contribution in [0.15, 0.2) is 42.5 Å². The van der Waals surface area contributed by atoms with Crippen molar-refractivity contribution in [1.29, 1.82) is 0 Å². The van der Waals surface area contributed by atoms with Crippen molar-refractivity contribution < 1.29 is 16.9 Å². The van der Waals surface area contributed by atoms with E-state index in [1.807, 2.05) is 0 Å². The Kier molecular flexibility index (Phi) is 15.0. The first-order chi connectivity index (χ1) is 14.7. The van der Waals surface area contributed by atoms with Crippen LogP contribution < -0.4 is 12.4 Å². The number of nitrogens with zero attached hydrogens (tertiary/aromatic N) is 1. The van der Waals surface area contributed by atoms with E-state index in [1.165, 1.54) is 118 Å². The van der Waals surface area contributed by atoms with Crippen LogP contribution in [0, 0.1) is 0 Å². The molecular weight excluding hydrogens is 398 g/mol. The van der Waals surface area contributed by atoms with Gasteiger partial charge in [-0.2, -0.15) is 0 Å². The van der Waals surface area contributed by atoms with E-state index in [2.05, 4.69) is 63.2 Å². The fraction of sp³-hybridized carbons (Fsp3) is 0.655. The van der Waals surface area contributed by atoms with Gasteiger partial charge in [-0.3, -0.25) is 0 Å². The van der Waals surface area contributed by atoms with Crippen molar-refractivity contribution in [1.82, 2.24) is 0 Å². The van der Waals surface area contributed by atoms with E-state index >= 15 is 0 Å². The van der Waals surface area contributed by atoms with Crippen LogP contribution in [-0.4, -0.2) is 24.1 Å². The molecule has 0 radical (unpaired) electrons. The highest BCUT2D eigenvalue weighted by Crippen LogP contribution is 2.26. The third kappa shape index (κ3) is 9.96. The summed E-state index contributed by atoms with van der Waals surface area (Å²) < 4.78 is 1.31. The lowest BCUT2D eigenvalue weighted by atomic mass is 10.0.